The lowest BCUT2D eigenvalue weighted by atomic mass is 9.85. The second-order valence-corrected chi connectivity index (χ2v) is 5.30. The predicted molar refractivity (Wildman–Crippen MR) is 66.0 cm³/mol. The minimum atomic E-state index is -0.803. The summed E-state index contributed by atoms with van der Waals surface area (Å²) < 4.78 is 0. The molecule has 0 aliphatic carbocycles. The molecule has 0 bridgehead atoms. The van der Waals surface area contributed by atoms with Crippen LogP contribution in [0, 0.1) is 19.3 Å². The summed E-state index contributed by atoms with van der Waals surface area (Å²) in [5.74, 6) is -0.803. The van der Waals surface area contributed by atoms with E-state index < -0.39 is 11.4 Å². The first-order chi connectivity index (χ1) is 7.24. The number of hydrogen-bond donors (Lipinski definition) is 1. The van der Waals surface area contributed by atoms with Crippen LogP contribution in [0.15, 0.2) is 12.1 Å². The first-order valence-electron chi connectivity index (χ1n) is 5.23. The molecule has 88 valence electrons. The van der Waals surface area contributed by atoms with Gasteiger partial charge in [0.05, 0.1) is 5.41 Å². The van der Waals surface area contributed by atoms with Gasteiger partial charge in [-0.2, -0.15) is 0 Å². The molecule has 0 atom stereocenters. The number of benzene rings is 1. The topological polar surface area (TPSA) is 37.3 Å². The number of aliphatic carboxylic acids is 1. The van der Waals surface area contributed by atoms with Crippen LogP contribution in [0.2, 0.25) is 5.02 Å². The zero-order valence-corrected chi connectivity index (χ0v) is 10.9. The number of rotatable bonds is 3. The molecule has 0 aliphatic heterocycles. The van der Waals surface area contributed by atoms with Gasteiger partial charge >= 0.3 is 5.97 Å². The van der Waals surface area contributed by atoms with Crippen LogP contribution in [0.5, 0.6) is 0 Å². The van der Waals surface area contributed by atoms with E-state index in [-0.39, 0.29) is 0 Å². The zero-order chi connectivity index (χ0) is 12.5. The number of carbonyl (C=O) groups is 1. The Morgan fingerprint density at radius 3 is 2.44 bits per heavy atom. The van der Waals surface area contributed by atoms with Crippen molar-refractivity contribution < 1.29 is 9.90 Å². The van der Waals surface area contributed by atoms with E-state index in [1.165, 1.54) is 0 Å². The van der Waals surface area contributed by atoms with Gasteiger partial charge in [-0.1, -0.05) is 29.3 Å². The van der Waals surface area contributed by atoms with Crippen molar-refractivity contribution in [3.63, 3.8) is 0 Å². The molecular weight excluding hydrogens is 224 g/mol. The Bertz CT molecular complexity index is 422. The van der Waals surface area contributed by atoms with Crippen LogP contribution in [0.3, 0.4) is 0 Å². The van der Waals surface area contributed by atoms with Gasteiger partial charge in [0, 0.05) is 5.02 Å². The van der Waals surface area contributed by atoms with E-state index in [1.807, 2.05) is 26.0 Å². The summed E-state index contributed by atoms with van der Waals surface area (Å²) in [5.41, 5.74) is 2.23. The minimum Gasteiger partial charge on any atom is -0.481 e. The summed E-state index contributed by atoms with van der Waals surface area (Å²) in [4.78, 5) is 11.1. The number of halogens is 1. The molecule has 0 radical (unpaired) electrons. The summed E-state index contributed by atoms with van der Waals surface area (Å²) in [6.07, 6.45) is 0.448. The van der Waals surface area contributed by atoms with Crippen molar-refractivity contribution in [2.24, 2.45) is 5.41 Å². The first-order valence-corrected chi connectivity index (χ1v) is 5.61. The van der Waals surface area contributed by atoms with Crippen molar-refractivity contribution >= 4 is 17.6 Å². The molecule has 2 nitrogen and oxygen atoms in total. The average molecular weight is 241 g/mol. The van der Waals surface area contributed by atoms with E-state index in [1.54, 1.807) is 13.8 Å². The molecule has 0 spiro atoms. The van der Waals surface area contributed by atoms with E-state index in [2.05, 4.69) is 0 Å². The number of carboxylic acid groups (broad SMARTS) is 1. The molecule has 0 saturated heterocycles. The van der Waals surface area contributed by atoms with E-state index in [9.17, 15) is 4.79 Å². The highest BCUT2D eigenvalue weighted by Crippen LogP contribution is 2.29. The molecule has 0 aromatic heterocycles. The Morgan fingerprint density at radius 1 is 1.38 bits per heavy atom. The first kappa shape index (κ1) is 13.0. The fourth-order valence-corrected chi connectivity index (χ4v) is 1.89. The molecule has 1 N–H and O–H groups in total. The largest absolute Gasteiger partial charge is 0.481 e. The van der Waals surface area contributed by atoms with E-state index in [0.29, 0.717) is 11.4 Å². The van der Waals surface area contributed by atoms with Crippen LogP contribution in [0.4, 0.5) is 0 Å². The van der Waals surface area contributed by atoms with Gasteiger partial charge in [0.25, 0.3) is 0 Å². The van der Waals surface area contributed by atoms with Gasteiger partial charge in [0.1, 0.15) is 0 Å². The number of carboxylic acids is 1. The van der Waals surface area contributed by atoms with Gasteiger partial charge in [-0.25, -0.2) is 0 Å². The maximum atomic E-state index is 11.1. The van der Waals surface area contributed by atoms with Crippen molar-refractivity contribution in [2.45, 2.75) is 34.1 Å². The lowest BCUT2D eigenvalue weighted by Crippen LogP contribution is -2.26. The van der Waals surface area contributed by atoms with E-state index in [0.717, 1.165) is 16.7 Å². The lowest BCUT2D eigenvalue weighted by molar-refractivity contribution is -0.146. The van der Waals surface area contributed by atoms with Crippen LogP contribution in [0.25, 0.3) is 0 Å². The van der Waals surface area contributed by atoms with Crippen LogP contribution in [0.1, 0.15) is 30.5 Å². The SMILES string of the molecule is Cc1cc(C)c(Cl)c(CC(C)(C)C(=O)O)c1. The Kier molecular flexibility index (Phi) is 3.64. The second kappa shape index (κ2) is 4.46. The highest BCUT2D eigenvalue weighted by Gasteiger charge is 2.28. The summed E-state index contributed by atoms with van der Waals surface area (Å²) in [7, 11) is 0. The Balaban J connectivity index is 3.11. The Labute approximate surface area is 101 Å². The molecular formula is C13H17ClO2. The van der Waals surface area contributed by atoms with Gasteiger partial charge in [-0.15, -0.1) is 0 Å². The van der Waals surface area contributed by atoms with Gasteiger partial charge in [-0.3, -0.25) is 4.79 Å². The van der Waals surface area contributed by atoms with Crippen LogP contribution in [-0.4, -0.2) is 11.1 Å². The average Bonchev–Trinajstić information content (AvgIpc) is 2.12. The third kappa shape index (κ3) is 2.76. The van der Waals surface area contributed by atoms with E-state index in [4.69, 9.17) is 16.7 Å². The normalized spacial score (nSPS) is 11.6. The van der Waals surface area contributed by atoms with Crippen molar-refractivity contribution in [3.05, 3.63) is 33.8 Å². The van der Waals surface area contributed by atoms with Crippen LogP contribution in [-0.2, 0) is 11.2 Å². The summed E-state index contributed by atoms with van der Waals surface area (Å²) in [5, 5.41) is 9.77. The fraction of sp³-hybridized carbons (Fsp3) is 0.462. The summed E-state index contributed by atoms with van der Waals surface area (Å²) in [6, 6.07) is 3.96. The maximum absolute atomic E-state index is 11.1. The molecule has 0 saturated carbocycles. The smallest absolute Gasteiger partial charge is 0.309 e. The van der Waals surface area contributed by atoms with Crippen molar-refractivity contribution in [1.82, 2.24) is 0 Å². The molecule has 16 heavy (non-hydrogen) atoms. The molecule has 1 aromatic carbocycles. The van der Waals surface area contributed by atoms with Crippen molar-refractivity contribution in [2.75, 3.05) is 0 Å². The van der Waals surface area contributed by atoms with Crippen molar-refractivity contribution in [1.29, 1.82) is 0 Å². The number of hydrogen-bond acceptors (Lipinski definition) is 1. The highest BCUT2D eigenvalue weighted by molar-refractivity contribution is 6.32. The number of aryl methyl sites for hydroxylation is 2. The molecule has 0 heterocycles. The maximum Gasteiger partial charge on any atom is 0.309 e. The summed E-state index contributed by atoms with van der Waals surface area (Å²) in [6.45, 7) is 7.35. The zero-order valence-electron chi connectivity index (χ0n) is 10.1. The third-order valence-electron chi connectivity index (χ3n) is 2.69. The van der Waals surface area contributed by atoms with Gasteiger partial charge in [0.15, 0.2) is 0 Å². The lowest BCUT2D eigenvalue weighted by Gasteiger charge is -2.20. The quantitative estimate of drug-likeness (QED) is 0.876. The van der Waals surface area contributed by atoms with E-state index >= 15 is 0 Å². The molecule has 0 fully saturated rings. The Morgan fingerprint density at radius 2 is 1.94 bits per heavy atom. The van der Waals surface area contributed by atoms with Crippen LogP contribution < -0.4 is 0 Å². The standard InChI is InChI=1S/C13H17ClO2/c1-8-5-9(2)11(14)10(6-8)7-13(3,4)12(15)16/h5-6H,7H2,1-4H3,(H,15,16). The molecule has 0 unspecified atom stereocenters. The molecule has 3 heteroatoms. The Hall–Kier alpha value is -1.02. The van der Waals surface area contributed by atoms with Crippen LogP contribution >= 0.6 is 11.6 Å². The van der Waals surface area contributed by atoms with Gasteiger partial charge < -0.3 is 5.11 Å². The molecule has 0 aliphatic rings. The highest BCUT2D eigenvalue weighted by atomic mass is 35.5. The van der Waals surface area contributed by atoms with Crippen molar-refractivity contribution in [3.8, 4) is 0 Å². The minimum absolute atomic E-state index is 0.448. The predicted octanol–water partition coefficient (Wildman–Crippen LogP) is 3.61. The fourth-order valence-electron chi connectivity index (χ4n) is 1.72. The molecule has 0 amide bonds. The molecule has 1 rings (SSSR count). The monoisotopic (exact) mass is 240 g/mol. The van der Waals surface area contributed by atoms with Gasteiger partial charge in [0.2, 0.25) is 0 Å². The third-order valence-corrected chi connectivity index (χ3v) is 3.23. The summed E-state index contributed by atoms with van der Waals surface area (Å²) >= 11 is 6.18. The van der Waals surface area contributed by atoms with Gasteiger partial charge in [-0.05, 0) is 45.2 Å². The molecule has 1 aromatic rings. The second-order valence-electron chi connectivity index (χ2n) is 4.92.